The van der Waals surface area contributed by atoms with Crippen LogP contribution in [0, 0.1) is 18.6 Å². The first-order valence-electron chi connectivity index (χ1n) is 5.49. The van der Waals surface area contributed by atoms with Crippen LogP contribution in [0.15, 0.2) is 35.3 Å². The van der Waals surface area contributed by atoms with Gasteiger partial charge in [-0.3, -0.25) is 9.59 Å². The van der Waals surface area contributed by atoms with Gasteiger partial charge in [-0.05, 0) is 30.7 Å². The Labute approximate surface area is 107 Å². The molecule has 2 aromatic rings. The SMILES string of the molecule is Cc1cnn(CC(=O)c2ccc(F)c(F)c2)c(=O)c1. The predicted octanol–water partition coefficient (Wildman–Crippen LogP) is 1.71. The summed E-state index contributed by atoms with van der Waals surface area (Å²) in [6.07, 6.45) is 1.44. The average molecular weight is 264 g/mol. The second-order valence-electron chi connectivity index (χ2n) is 4.08. The highest BCUT2D eigenvalue weighted by molar-refractivity contribution is 5.95. The number of rotatable bonds is 3. The Bertz CT molecular complexity index is 695. The van der Waals surface area contributed by atoms with Gasteiger partial charge in [0.1, 0.15) is 6.54 Å². The highest BCUT2D eigenvalue weighted by Gasteiger charge is 2.11. The number of halogens is 2. The van der Waals surface area contributed by atoms with Crippen LogP contribution < -0.4 is 5.56 Å². The van der Waals surface area contributed by atoms with Crippen LogP contribution in [0.1, 0.15) is 15.9 Å². The molecule has 1 aromatic carbocycles. The van der Waals surface area contributed by atoms with Gasteiger partial charge in [0.25, 0.3) is 5.56 Å². The third-order valence-corrected chi connectivity index (χ3v) is 2.54. The average Bonchev–Trinajstić information content (AvgIpc) is 2.36. The molecule has 19 heavy (non-hydrogen) atoms. The number of carbonyl (C=O) groups excluding carboxylic acids is 1. The number of hydrogen-bond acceptors (Lipinski definition) is 3. The number of nitrogens with zero attached hydrogens (tertiary/aromatic N) is 2. The highest BCUT2D eigenvalue weighted by atomic mass is 19.2. The third-order valence-electron chi connectivity index (χ3n) is 2.54. The maximum absolute atomic E-state index is 13.0. The Morgan fingerprint density at radius 3 is 2.63 bits per heavy atom. The Morgan fingerprint density at radius 2 is 2.00 bits per heavy atom. The van der Waals surface area contributed by atoms with Gasteiger partial charge in [0.05, 0.1) is 6.20 Å². The molecule has 0 unspecified atom stereocenters. The lowest BCUT2D eigenvalue weighted by molar-refractivity contribution is 0.0965. The van der Waals surface area contributed by atoms with Crippen molar-refractivity contribution in [2.45, 2.75) is 13.5 Å². The van der Waals surface area contributed by atoms with Crippen LogP contribution in [0.4, 0.5) is 8.78 Å². The molecule has 1 aromatic heterocycles. The van der Waals surface area contributed by atoms with Crippen molar-refractivity contribution in [3.05, 3.63) is 63.6 Å². The number of carbonyl (C=O) groups is 1. The summed E-state index contributed by atoms with van der Waals surface area (Å²) in [7, 11) is 0. The molecule has 0 saturated heterocycles. The summed E-state index contributed by atoms with van der Waals surface area (Å²) in [5.41, 5.74) is 0.255. The fourth-order valence-electron chi connectivity index (χ4n) is 1.54. The third kappa shape index (κ3) is 2.90. The molecule has 0 N–H and O–H groups in total. The topological polar surface area (TPSA) is 52.0 Å². The maximum atomic E-state index is 13.0. The van der Waals surface area contributed by atoms with E-state index in [-0.39, 0.29) is 12.1 Å². The minimum Gasteiger partial charge on any atom is -0.292 e. The molecule has 0 spiro atoms. The standard InChI is InChI=1S/C13H10F2N2O2/c1-8-4-13(19)17(16-6-8)7-12(18)9-2-3-10(14)11(15)5-9/h2-6H,7H2,1H3. The Kier molecular flexibility index (Phi) is 3.50. The number of aromatic nitrogens is 2. The van der Waals surface area contributed by atoms with E-state index in [0.29, 0.717) is 5.56 Å². The molecule has 0 aliphatic carbocycles. The fourth-order valence-corrected chi connectivity index (χ4v) is 1.54. The molecule has 0 atom stereocenters. The van der Waals surface area contributed by atoms with Crippen molar-refractivity contribution >= 4 is 5.78 Å². The van der Waals surface area contributed by atoms with Crippen molar-refractivity contribution in [3.63, 3.8) is 0 Å². The molecule has 0 aliphatic heterocycles. The Hall–Kier alpha value is -2.37. The van der Waals surface area contributed by atoms with Crippen molar-refractivity contribution in [1.82, 2.24) is 9.78 Å². The van der Waals surface area contributed by atoms with Crippen molar-refractivity contribution in [1.29, 1.82) is 0 Å². The quantitative estimate of drug-likeness (QED) is 0.793. The lowest BCUT2D eigenvalue weighted by atomic mass is 10.1. The van der Waals surface area contributed by atoms with Gasteiger partial charge in [0.2, 0.25) is 0 Å². The number of Topliss-reactive ketones (excluding diaryl/α,β-unsaturated/α-hetero) is 1. The van der Waals surface area contributed by atoms with Crippen LogP contribution in [0.2, 0.25) is 0 Å². The van der Waals surface area contributed by atoms with Gasteiger partial charge in [0, 0.05) is 11.6 Å². The summed E-state index contributed by atoms with van der Waals surface area (Å²) in [5, 5.41) is 3.80. The predicted molar refractivity (Wildman–Crippen MR) is 63.9 cm³/mol. The van der Waals surface area contributed by atoms with E-state index in [9.17, 15) is 18.4 Å². The summed E-state index contributed by atoms with van der Waals surface area (Å²) < 4.78 is 26.7. The van der Waals surface area contributed by atoms with Crippen molar-refractivity contribution in [3.8, 4) is 0 Å². The number of hydrogen-bond donors (Lipinski definition) is 0. The monoisotopic (exact) mass is 264 g/mol. The first-order valence-corrected chi connectivity index (χ1v) is 5.49. The van der Waals surface area contributed by atoms with E-state index in [2.05, 4.69) is 5.10 Å². The van der Waals surface area contributed by atoms with Crippen LogP contribution >= 0.6 is 0 Å². The maximum Gasteiger partial charge on any atom is 0.267 e. The highest BCUT2D eigenvalue weighted by Crippen LogP contribution is 2.09. The van der Waals surface area contributed by atoms with E-state index in [1.165, 1.54) is 18.3 Å². The zero-order valence-electron chi connectivity index (χ0n) is 10.1. The van der Waals surface area contributed by atoms with Crippen molar-refractivity contribution < 1.29 is 13.6 Å². The first kappa shape index (κ1) is 13.1. The van der Waals surface area contributed by atoms with Crippen LogP contribution in [0.25, 0.3) is 0 Å². The largest absolute Gasteiger partial charge is 0.292 e. The van der Waals surface area contributed by atoms with Gasteiger partial charge >= 0.3 is 0 Å². The number of benzene rings is 1. The lowest BCUT2D eigenvalue weighted by Gasteiger charge is -2.04. The van der Waals surface area contributed by atoms with Crippen molar-refractivity contribution in [2.75, 3.05) is 0 Å². The molecule has 0 aliphatic rings. The van der Waals surface area contributed by atoms with Gasteiger partial charge in [-0.15, -0.1) is 0 Å². The molecule has 0 fully saturated rings. The molecule has 1 heterocycles. The van der Waals surface area contributed by atoms with E-state index in [0.717, 1.165) is 16.8 Å². The van der Waals surface area contributed by atoms with Gasteiger partial charge in [-0.2, -0.15) is 5.10 Å². The van der Waals surface area contributed by atoms with Crippen LogP contribution in [-0.4, -0.2) is 15.6 Å². The smallest absolute Gasteiger partial charge is 0.267 e. The van der Waals surface area contributed by atoms with E-state index < -0.39 is 23.0 Å². The Morgan fingerprint density at radius 1 is 1.26 bits per heavy atom. The van der Waals surface area contributed by atoms with Crippen molar-refractivity contribution in [2.24, 2.45) is 0 Å². The number of ketones is 1. The molecular weight excluding hydrogens is 254 g/mol. The summed E-state index contributed by atoms with van der Waals surface area (Å²) in [6, 6.07) is 4.18. The van der Waals surface area contributed by atoms with E-state index in [4.69, 9.17) is 0 Å². The van der Waals surface area contributed by atoms with E-state index in [1.54, 1.807) is 6.92 Å². The normalized spacial score (nSPS) is 10.5. The molecular formula is C13H10F2N2O2. The summed E-state index contributed by atoms with van der Waals surface area (Å²) in [5.74, 6) is -2.64. The van der Waals surface area contributed by atoms with Gasteiger partial charge in [-0.1, -0.05) is 0 Å². The van der Waals surface area contributed by atoms with Gasteiger partial charge in [0.15, 0.2) is 17.4 Å². The minimum absolute atomic E-state index is 0.00632. The molecule has 98 valence electrons. The molecule has 0 amide bonds. The molecule has 4 nitrogen and oxygen atoms in total. The molecule has 0 bridgehead atoms. The zero-order valence-corrected chi connectivity index (χ0v) is 10.1. The second kappa shape index (κ2) is 5.09. The molecule has 6 heteroatoms. The van der Waals surface area contributed by atoms with E-state index >= 15 is 0 Å². The molecule has 2 rings (SSSR count). The van der Waals surface area contributed by atoms with Gasteiger partial charge in [-0.25, -0.2) is 13.5 Å². The van der Waals surface area contributed by atoms with Crippen LogP contribution in [-0.2, 0) is 6.54 Å². The Balaban J connectivity index is 2.25. The number of aryl methyl sites for hydroxylation is 1. The minimum atomic E-state index is -1.10. The zero-order chi connectivity index (χ0) is 14.0. The lowest BCUT2D eigenvalue weighted by Crippen LogP contribution is -2.26. The summed E-state index contributed by atoms with van der Waals surface area (Å²) in [4.78, 5) is 23.4. The van der Waals surface area contributed by atoms with Crippen LogP contribution in [0.5, 0.6) is 0 Å². The second-order valence-corrected chi connectivity index (χ2v) is 4.08. The first-order chi connectivity index (χ1) is 8.97. The fraction of sp³-hybridized carbons (Fsp3) is 0.154. The van der Waals surface area contributed by atoms with Gasteiger partial charge < -0.3 is 0 Å². The van der Waals surface area contributed by atoms with Crippen LogP contribution in [0.3, 0.4) is 0 Å². The summed E-state index contributed by atoms with van der Waals surface area (Å²) >= 11 is 0. The molecule has 0 saturated carbocycles. The molecule has 0 radical (unpaired) electrons. The summed E-state index contributed by atoms with van der Waals surface area (Å²) in [6.45, 7) is 1.39. The van der Waals surface area contributed by atoms with E-state index in [1.807, 2.05) is 0 Å².